The Kier molecular flexibility index (Phi) is 5.65. The van der Waals surface area contributed by atoms with Crippen LogP contribution in [-0.4, -0.2) is 30.9 Å². The summed E-state index contributed by atoms with van der Waals surface area (Å²) < 4.78 is 18.8. The van der Waals surface area contributed by atoms with Crippen molar-refractivity contribution in [2.45, 2.75) is 12.0 Å². The Balaban J connectivity index is 1.78. The van der Waals surface area contributed by atoms with Gasteiger partial charge in [-0.3, -0.25) is 9.59 Å². The van der Waals surface area contributed by atoms with E-state index in [0.717, 1.165) is 5.56 Å². The van der Waals surface area contributed by atoms with Crippen molar-refractivity contribution in [3.05, 3.63) is 94.3 Å². The van der Waals surface area contributed by atoms with Gasteiger partial charge in [-0.2, -0.15) is 0 Å². The number of amides is 2. The molecule has 0 radical (unpaired) electrons. The number of halogens is 2. The number of hydrogen-bond donors (Lipinski definition) is 1. The van der Waals surface area contributed by atoms with Gasteiger partial charge in [0.15, 0.2) is 0 Å². The first kappa shape index (κ1) is 20.9. The molecule has 0 saturated heterocycles. The van der Waals surface area contributed by atoms with Gasteiger partial charge in [-0.25, -0.2) is 4.39 Å². The van der Waals surface area contributed by atoms with Crippen LogP contribution in [0, 0.1) is 5.82 Å². The van der Waals surface area contributed by atoms with Gasteiger partial charge in [-0.15, -0.1) is 0 Å². The molecule has 3 aromatic carbocycles. The fraction of sp³-hybridized carbons (Fsp3) is 0.167. The van der Waals surface area contributed by atoms with Crippen molar-refractivity contribution >= 4 is 29.1 Å². The Hall–Kier alpha value is -3.38. The van der Waals surface area contributed by atoms with Gasteiger partial charge in [0, 0.05) is 18.3 Å². The molecule has 0 bridgehead atoms. The molecule has 7 heteroatoms. The number of carbonyl (C=O) groups is 2. The number of rotatable bonds is 4. The summed E-state index contributed by atoms with van der Waals surface area (Å²) in [4.78, 5) is 28.1. The van der Waals surface area contributed by atoms with E-state index < -0.39 is 17.8 Å². The highest BCUT2D eigenvalue weighted by Gasteiger charge is 2.42. The molecule has 158 valence electrons. The number of likely N-dealkylation sites (N-methyl/N-ethyl adjacent to an activating group) is 1. The maximum absolute atomic E-state index is 13.5. The molecular weight excluding hydrogens is 419 g/mol. The maximum Gasteiger partial charge on any atom is 0.254 e. The number of nitrogens with one attached hydrogen (secondary N) is 1. The van der Waals surface area contributed by atoms with E-state index in [2.05, 4.69) is 5.32 Å². The molecule has 0 fully saturated rings. The third-order valence-corrected chi connectivity index (χ3v) is 5.80. The predicted octanol–water partition coefficient (Wildman–Crippen LogP) is 5.04. The Morgan fingerprint density at radius 2 is 1.81 bits per heavy atom. The van der Waals surface area contributed by atoms with Crippen molar-refractivity contribution in [3.8, 4) is 5.75 Å². The van der Waals surface area contributed by atoms with E-state index in [1.165, 1.54) is 18.2 Å². The molecule has 0 aromatic heterocycles. The lowest BCUT2D eigenvalue weighted by atomic mass is 9.79. The van der Waals surface area contributed by atoms with E-state index in [1.54, 1.807) is 55.5 Å². The van der Waals surface area contributed by atoms with Gasteiger partial charge in [0.25, 0.3) is 5.91 Å². The van der Waals surface area contributed by atoms with Gasteiger partial charge >= 0.3 is 0 Å². The van der Waals surface area contributed by atoms with Crippen molar-refractivity contribution in [1.29, 1.82) is 0 Å². The Bertz CT molecular complexity index is 1150. The molecule has 0 spiro atoms. The molecule has 4 rings (SSSR count). The number of ether oxygens (including phenoxy) is 1. The summed E-state index contributed by atoms with van der Waals surface area (Å²) in [6.45, 7) is 0. The molecule has 5 nitrogen and oxygen atoms in total. The van der Waals surface area contributed by atoms with Gasteiger partial charge in [-0.1, -0.05) is 41.9 Å². The number of nitrogens with zero attached hydrogens (tertiary/aromatic N) is 1. The van der Waals surface area contributed by atoms with Crippen LogP contribution >= 0.6 is 11.6 Å². The molecule has 3 aromatic rings. The van der Waals surface area contributed by atoms with Crippen LogP contribution in [0.4, 0.5) is 10.1 Å². The number of fused-ring (bicyclic) bond motifs is 1. The molecular formula is C24H20ClFN2O3. The van der Waals surface area contributed by atoms with Crippen molar-refractivity contribution in [2.24, 2.45) is 0 Å². The summed E-state index contributed by atoms with van der Waals surface area (Å²) in [5, 5.41) is 2.74. The second-order valence-corrected chi connectivity index (χ2v) is 7.72. The smallest absolute Gasteiger partial charge is 0.254 e. The van der Waals surface area contributed by atoms with Crippen LogP contribution < -0.4 is 10.1 Å². The minimum atomic E-state index is -0.684. The number of anilines is 1. The minimum Gasteiger partial charge on any atom is -0.497 e. The highest BCUT2D eigenvalue weighted by Crippen LogP contribution is 2.42. The quantitative estimate of drug-likeness (QED) is 0.621. The van der Waals surface area contributed by atoms with Gasteiger partial charge in [-0.05, 0) is 47.5 Å². The van der Waals surface area contributed by atoms with Crippen LogP contribution in [0.1, 0.15) is 33.4 Å². The highest BCUT2D eigenvalue weighted by molar-refractivity contribution is 6.31. The summed E-state index contributed by atoms with van der Waals surface area (Å²) in [6.07, 6.45) is 0. The van der Waals surface area contributed by atoms with Crippen LogP contribution in [0.3, 0.4) is 0 Å². The topological polar surface area (TPSA) is 58.6 Å². The lowest BCUT2D eigenvalue weighted by Gasteiger charge is -2.39. The summed E-state index contributed by atoms with van der Waals surface area (Å²) >= 11 is 5.87. The Morgan fingerprint density at radius 3 is 2.48 bits per heavy atom. The molecule has 1 heterocycles. The average Bonchev–Trinajstić information content (AvgIpc) is 2.78. The summed E-state index contributed by atoms with van der Waals surface area (Å²) in [7, 11) is 3.26. The zero-order valence-electron chi connectivity index (χ0n) is 16.9. The molecule has 0 saturated carbocycles. The zero-order valence-corrected chi connectivity index (χ0v) is 17.7. The van der Waals surface area contributed by atoms with Crippen LogP contribution in [0.15, 0.2) is 66.7 Å². The Morgan fingerprint density at radius 1 is 1.10 bits per heavy atom. The van der Waals surface area contributed by atoms with E-state index in [0.29, 0.717) is 22.6 Å². The molecule has 1 aliphatic heterocycles. The standard InChI is InChI=1S/C24H20ClFN2O3/c1-28-22(14-7-10-16(31-2)11-8-14)21(17-5-3-4-6-18(17)24(28)30)23(29)27-15-9-12-20(26)19(25)13-15/h3-13,21-22H,1-2H3,(H,27,29)/t21-,22-/m0/s1. The van der Waals surface area contributed by atoms with E-state index in [9.17, 15) is 14.0 Å². The van der Waals surface area contributed by atoms with E-state index in [4.69, 9.17) is 16.3 Å². The first-order valence-corrected chi connectivity index (χ1v) is 10.0. The maximum atomic E-state index is 13.5. The summed E-state index contributed by atoms with van der Waals surface area (Å²) in [5.74, 6) is -1.06. The third-order valence-electron chi connectivity index (χ3n) is 5.51. The number of hydrogen-bond acceptors (Lipinski definition) is 3. The second-order valence-electron chi connectivity index (χ2n) is 7.32. The average molecular weight is 439 g/mol. The first-order valence-electron chi connectivity index (χ1n) is 9.66. The summed E-state index contributed by atoms with van der Waals surface area (Å²) in [6, 6.07) is 17.8. The minimum absolute atomic E-state index is 0.0826. The summed E-state index contributed by atoms with van der Waals surface area (Å²) in [5.41, 5.74) is 2.29. The zero-order chi connectivity index (χ0) is 22.1. The van der Waals surface area contributed by atoms with Crippen LogP contribution in [0.25, 0.3) is 0 Å². The van der Waals surface area contributed by atoms with Crippen LogP contribution in [0.5, 0.6) is 5.75 Å². The van der Waals surface area contributed by atoms with Gasteiger partial charge in [0.2, 0.25) is 5.91 Å². The van der Waals surface area contributed by atoms with Crippen molar-refractivity contribution in [3.63, 3.8) is 0 Å². The second kappa shape index (κ2) is 8.40. The highest BCUT2D eigenvalue weighted by atomic mass is 35.5. The largest absolute Gasteiger partial charge is 0.497 e. The molecule has 2 atom stereocenters. The first-order chi connectivity index (χ1) is 14.9. The Labute approximate surface area is 184 Å². The molecule has 1 aliphatic rings. The molecule has 1 N–H and O–H groups in total. The number of carbonyl (C=O) groups excluding carboxylic acids is 2. The molecule has 2 amide bonds. The fourth-order valence-electron chi connectivity index (χ4n) is 3.97. The molecule has 0 unspecified atom stereocenters. The number of methoxy groups -OCH3 is 1. The van der Waals surface area contributed by atoms with Gasteiger partial charge in [0.05, 0.1) is 24.1 Å². The predicted molar refractivity (Wildman–Crippen MR) is 117 cm³/mol. The monoisotopic (exact) mass is 438 g/mol. The molecule has 31 heavy (non-hydrogen) atoms. The van der Waals surface area contributed by atoms with Crippen molar-refractivity contribution in [2.75, 3.05) is 19.5 Å². The van der Waals surface area contributed by atoms with Crippen LogP contribution in [-0.2, 0) is 4.79 Å². The van der Waals surface area contributed by atoms with Gasteiger partial charge < -0.3 is 15.0 Å². The lowest BCUT2D eigenvalue weighted by Crippen LogP contribution is -2.44. The lowest BCUT2D eigenvalue weighted by molar-refractivity contribution is -0.119. The van der Waals surface area contributed by atoms with E-state index >= 15 is 0 Å². The SMILES string of the molecule is COc1ccc([C@H]2[C@@H](C(=O)Nc3ccc(F)c(Cl)c3)c3ccccc3C(=O)N2C)cc1. The normalized spacial score (nSPS) is 17.8. The number of benzene rings is 3. The van der Waals surface area contributed by atoms with Crippen molar-refractivity contribution in [1.82, 2.24) is 4.90 Å². The van der Waals surface area contributed by atoms with Crippen LogP contribution in [0.2, 0.25) is 5.02 Å². The van der Waals surface area contributed by atoms with Crippen molar-refractivity contribution < 1.29 is 18.7 Å². The van der Waals surface area contributed by atoms with E-state index in [-0.39, 0.29) is 16.8 Å². The molecule has 0 aliphatic carbocycles. The van der Waals surface area contributed by atoms with E-state index in [1.807, 2.05) is 12.1 Å². The van der Waals surface area contributed by atoms with Gasteiger partial charge in [0.1, 0.15) is 11.6 Å². The third kappa shape index (κ3) is 3.86. The fourth-order valence-corrected chi connectivity index (χ4v) is 4.15.